The number of aliphatic hydroxyl groups is 1. The fourth-order valence-electron chi connectivity index (χ4n) is 6.45. The second kappa shape index (κ2) is 21.4. The average Bonchev–Trinajstić information content (AvgIpc) is 3.13. The molecule has 4 rings (SSSR count). The van der Waals surface area contributed by atoms with Crippen LogP contribution in [0.15, 0.2) is 78.9 Å². The SMILES string of the molecule is CN1CCN([C@H](CCC(=O)OCc2ccccc2)C(=O)OC(C)(C)C)Cc2cccc(n2)CN([C@H](CCC(=O)OCc2ccccc2)C(O)OC(C)(C)C)CC1. The first-order valence-electron chi connectivity index (χ1n) is 19.6. The van der Waals surface area contributed by atoms with Crippen molar-refractivity contribution >= 4 is 17.9 Å². The van der Waals surface area contributed by atoms with Gasteiger partial charge in [-0.3, -0.25) is 29.2 Å². The molecule has 1 aliphatic rings. The summed E-state index contributed by atoms with van der Waals surface area (Å²) in [6.45, 7) is 14.5. The van der Waals surface area contributed by atoms with Gasteiger partial charge in [0, 0.05) is 52.1 Å². The summed E-state index contributed by atoms with van der Waals surface area (Å²) in [4.78, 5) is 51.1. The van der Waals surface area contributed by atoms with Gasteiger partial charge in [-0.15, -0.1) is 0 Å². The van der Waals surface area contributed by atoms with Gasteiger partial charge in [0.15, 0.2) is 6.29 Å². The molecule has 1 unspecified atom stereocenters. The minimum absolute atomic E-state index is 0.0473. The molecule has 1 aromatic heterocycles. The number of aliphatic hydroxyl groups excluding tert-OH is 1. The van der Waals surface area contributed by atoms with E-state index in [4.69, 9.17) is 23.9 Å². The third-order valence-electron chi connectivity index (χ3n) is 9.28. The molecular formula is C44H62N4O8. The van der Waals surface area contributed by atoms with E-state index in [2.05, 4.69) is 9.80 Å². The van der Waals surface area contributed by atoms with Crippen LogP contribution >= 0.6 is 0 Å². The molecule has 12 nitrogen and oxygen atoms in total. The van der Waals surface area contributed by atoms with E-state index >= 15 is 0 Å². The quantitative estimate of drug-likeness (QED) is 0.112. The Morgan fingerprint density at radius 1 is 0.679 bits per heavy atom. The number of likely N-dealkylation sites (N-methyl/N-ethyl adjacent to an activating group) is 1. The third kappa shape index (κ3) is 16.1. The van der Waals surface area contributed by atoms with Crippen LogP contribution < -0.4 is 0 Å². The molecule has 2 heterocycles. The van der Waals surface area contributed by atoms with Crippen LogP contribution in [0.1, 0.15) is 89.7 Å². The summed E-state index contributed by atoms with van der Waals surface area (Å²) < 4.78 is 23.1. The number of pyridine rings is 1. The van der Waals surface area contributed by atoms with Crippen LogP contribution in [0, 0.1) is 0 Å². The largest absolute Gasteiger partial charge is 0.461 e. The molecule has 306 valence electrons. The molecule has 1 aliphatic heterocycles. The molecule has 12 heteroatoms. The molecular weight excluding hydrogens is 713 g/mol. The van der Waals surface area contributed by atoms with Crippen LogP contribution in [-0.2, 0) is 59.6 Å². The van der Waals surface area contributed by atoms with Gasteiger partial charge in [-0.1, -0.05) is 66.7 Å². The highest BCUT2D eigenvalue weighted by Crippen LogP contribution is 2.23. The number of rotatable bonds is 15. The maximum atomic E-state index is 13.8. The van der Waals surface area contributed by atoms with Crippen LogP contribution in [0.3, 0.4) is 0 Å². The predicted octanol–water partition coefficient (Wildman–Crippen LogP) is 5.89. The molecule has 0 fully saturated rings. The van der Waals surface area contributed by atoms with Gasteiger partial charge in [-0.25, -0.2) is 0 Å². The van der Waals surface area contributed by atoms with Crippen LogP contribution in [0.4, 0.5) is 0 Å². The molecule has 2 aromatic carbocycles. The number of aromatic nitrogens is 1. The van der Waals surface area contributed by atoms with Gasteiger partial charge in [0.25, 0.3) is 0 Å². The minimum atomic E-state index is -1.18. The monoisotopic (exact) mass is 774 g/mol. The molecule has 56 heavy (non-hydrogen) atoms. The second-order valence-corrected chi connectivity index (χ2v) is 16.5. The molecule has 0 aliphatic carbocycles. The molecule has 3 aromatic rings. The van der Waals surface area contributed by atoms with Gasteiger partial charge in [0.05, 0.1) is 23.0 Å². The first kappa shape index (κ1) is 44.5. The smallest absolute Gasteiger partial charge is 0.323 e. The Hall–Kier alpha value is -4.20. The van der Waals surface area contributed by atoms with Gasteiger partial charge in [0.1, 0.15) is 24.9 Å². The summed E-state index contributed by atoms with van der Waals surface area (Å²) >= 11 is 0. The highest BCUT2D eigenvalue weighted by atomic mass is 16.6. The fraction of sp³-hybridized carbons (Fsp3) is 0.545. The number of nitrogens with zero attached hydrogens (tertiary/aromatic N) is 4. The Bertz CT molecular complexity index is 1660. The van der Waals surface area contributed by atoms with Crippen molar-refractivity contribution in [2.45, 2.75) is 123 Å². The maximum Gasteiger partial charge on any atom is 0.323 e. The van der Waals surface area contributed by atoms with Gasteiger partial charge in [-0.05, 0) is 84.7 Å². The van der Waals surface area contributed by atoms with E-state index in [0.717, 1.165) is 22.5 Å². The molecule has 2 bridgehead atoms. The van der Waals surface area contributed by atoms with Crippen LogP contribution in [-0.4, -0.2) is 106 Å². The number of fused-ring (bicyclic) bond motifs is 2. The van der Waals surface area contributed by atoms with E-state index in [-0.39, 0.29) is 44.4 Å². The Morgan fingerprint density at radius 3 is 1.70 bits per heavy atom. The number of carbonyl (C=O) groups excluding carboxylic acids is 3. The number of carbonyl (C=O) groups is 3. The number of esters is 3. The summed E-state index contributed by atoms with van der Waals surface area (Å²) in [6.07, 6.45) is -0.495. The third-order valence-corrected chi connectivity index (χ3v) is 9.28. The zero-order chi connectivity index (χ0) is 40.7. The first-order chi connectivity index (χ1) is 26.5. The Morgan fingerprint density at radius 2 is 1.18 bits per heavy atom. The van der Waals surface area contributed by atoms with Gasteiger partial charge in [-0.2, -0.15) is 0 Å². The maximum absolute atomic E-state index is 13.8. The molecule has 1 N–H and O–H groups in total. The van der Waals surface area contributed by atoms with E-state index in [0.29, 0.717) is 45.7 Å². The van der Waals surface area contributed by atoms with E-state index in [9.17, 15) is 19.5 Å². The lowest BCUT2D eigenvalue weighted by Crippen LogP contribution is -2.50. The van der Waals surface area contributed by atoms with E-state index in [1.807, 2.05) is 132 Å². The lowest BCUT2D eigenvalue weighted by molar-refractivity contribution is -0.200. The zero-order valence-electron chi connectivity index (χ0n) is 34.3. The molecule has 0 saturated carbocycles. The summed E-state index contributed by atoms with van der Waals surface area (Å²) in [5.41, 5.74) is 1.97. The lowest BCUT2D eigenvalue weighted by Gasteiger charge is -2.38. The number of hydrogen-bond acceptors (Lipinski definition) is 12. The van der Waals surface area contributed by atoms with Crippen molar-refractivity contribution in [3.05, 3.63) is 101 Å². The Kier molecular flexibility index (Phi) is 17.0. The fourth-order valence-corrected chi connectivity index (χ4v) is 6.45. The summed E-state index contributed by atoms with van der Waals surface area (Å²) in [7, 11) is 2.01. The van der Waals surface area contributed by atoms with Crippen molar-refractivity contribution in [3.63, 3.8) is 0 Å². The molecule has 3 atom stereocenters. The topological polar surface area (TPSA) is 131 Å². The first-order valence-corrected chi connectivity index (χ1v) is 19.6. The molecule has 0 radical (unpaired) electrons. The normalized spacial score (nSPS) is 16.8. The second-order valence-electron chi connectivity index (χ2n) is 16.5. The van der Waals surface area contributed by atoms with Crippen molar-refractivity contribution in [2.75, 3.05) is 33.2 Å². The van der Waals surface area contributed by atoms with Crippen molar-refractivity contribution in [3.8, 4) is 0 Å². The van der Waals surface area contributed by atoms with Crippen LogP contribution in [0.2, 0.25) is 0 Å². The van der Waals surface area contributed by atoms with Crippen LogP contribution in [0.25, 0.3) is 0 Å². The van der Waals surface area contributed by atoms with E-state index in [1.165, 1.54) is 0 Å². The van der Waals surface area contributed by atoms with Gasteiger partial charge < -0.3 is 29.0 Å². The van der Waals surface area contributed by atoms with E-state index in [1.54, 1.807) is 0 Å². The average molecular weight is 775 g/mol. The van der Waals surface area contributed by atoms with Crippen molar-refractivity contribution in [1.82, 2.24) is 19.7 Å². The van der Waals surface area contributed by atoms with Gasteiger partial charge in [0.2, 0.25) is 0 Å². The van der Waals surface area contributed by atoms with Crippen LogP contribution in [0.5, 0.6) is 0 Å². The molecule has 0 spiro atoms. The predicted molar refractivity (Wildman–Crippen MR) is 214 cm³/mol. The Labute approximate surface area is 333 Å². The zero-order valence-corrected chi connectivity index (χ0v) is 34.3. The summed E-state index contributed by atoms with van der Waals surface area (Å²) in [6, 6.07) is 23.6. The Balaban J connectivity index is 1.53. The van der Waals surface area contributed by atoms with Crippen molar-refractivity contribution in [1.29, 1.82) is 0 Å². The number of ether oxygens (including phenoxy) is 4. The summed E-state index contributed by atoms with van der Waals surface area (Å²) in [5, 5.41) is 11.5. The number of benzene rings is 2. The van der Waals surface area contributed by atoms with Crippen molar-refractivity contribution < 1.29 is 38.4 Å². The molecule has 0 amide bonds. The minimum Gasteiger partial charge on any atom is -0.461 e. The van der Waals surface area contributed by atoms with E-state index < -0.39 is 35.5 Å². The van der Waals surface area contributed by atoms with Crippen molar-refractivity contribution in [2.24, 2.45) is 0 Å². The molecule has 0 saturated heterocycles. The highest BCUT2D eigenvalue weighted by molar-refractivity contribution is 5.77. The standard InChI is InChI=1S/C44H62N4O8/c1-43(2,3)55-41(51)37(21-23-39(49)53-31-33-15-10-8-11-16-33)47-27-25-46(7)26-28-48(30-36-20-14-19-35(29-47)45-36)38(42(52)56-44(4,5)6)22-24-40(50)54-32-34-17-12-9-13-18-34/h8-20,37-38,41,51H,21-32H2,1-7H3/t37-,38-,41?/m1/s1. The highest BCUT2D eigenvalue weighted by Gasteiger charge is 2.34. The number of hydrogen-bond donors (Lipinski definition) is 1. The lowest BCUT2D eigenvalue weighted by atomic mass is 10.1. The summed E-state index contributed by atoms with van der Waals surface area (Å²) in [5.74, 6) is -1.13. The van der Waals surface area contributed by atoms with Gasteiger partial charge >= 0.3 is 17.9 Å².